The van der Waals surface area contributed by atoms with Crippen molar-refractivity contribution in [3.63, 3.8) is 0 Å². The maximum Gasteiger partial charge on any atom is 0.222 e. The number of aliphatic imine (C=N–C) groups is 1. The first-order valence-electron chi connectivity index (χ1n) is 11.1. The average Bonchev–Trinajstić information content (AvgIpc) is 3.14. The number of hydrogen-bond acceptors (Lipinski definition) is 3. The van der Waals surface area contributed by atoms with Gasteiger partial charge >= 0.3 is 0 Å². The van der Waals surface area contributed by atoms with E-state index in [0.717, 1.165) is 58.1 Å². The van der Waals surface area contributed by atoms with Crippen molar-refractivity contribution in [3.05, 3.63) is 35.4 Å². The minimum atomic E-state index is 0. The smallest absolute Gasteiger partial charge is 0.222 e. The molecule has 0 saturated carbocycles. The molecule has 6 nitrogen and oxygen atoms in total. The summed E-state index contributed by atoms with van der Waals surface area (Å²) in [6.07, 6.45) is 4.00. The van der Waals surface area contributed by atoms with E-state index in [1.807, 2.05) is 11.9 Å². The lowest BCUT2D eigenvalue weighted by Crippen LogP contribution is -2.42. The van der Waals surface area contributed by atoms with Crippen molar-refractivity contribution in [3.8, 4) is 0 Å². The van der Waals surface area contributed by atoms with E-state index < -0.39 is 0 Å². The van der Waals surface area contributed by atoms with Gasteiger partial charge in [0.1, 0.15) is 0 Å². The molecule has 2 N–H and O–H groups in total. The van der Waals surface area contributed by atoms with Crippen molar-refractivity contribution in [2.24, 2.45) is 4.99 Å². The summed E-state index contributed by atoms with van der Waals surface area (Å²) in [6, 6.07) is 8.88. The SMILES string of the molecule is CCN(CC)CCCC(C)NC(=NC)NCc1ccc(CN2CCCC2=O)cc1.I. The van der Waals surface area contributed by atoms with Gasteiger partial charge in [0.2, 0.25) is 5.91 Å². The standard InChI is InChI=1S/C23H39N5O.HI/c1-5-27(6-2)15-7-9-19(3)26-23(24-4)25-17-20-11-13-21(14-12-20)18-28-16-8-10-22(28)29;/h11-14,19H,5-10,15-18H2,1-4H3,(H2,24,25,26);1H. The number of hydrogen-bond donors (Lipinski definition) is 2. The molecule has 0 radical (unpaired) electrons. The summed E-state index contributed by atoms with van der Waals surface area (Å²) in [5, 5.41) is 6.89. The molecule has 2 rings (SSSR count). The Bertz CT molecular complexity index is 645. The van der Waals surface area contributed by atoms with Crippen LogP contribution in [0.15, 0.2) is 29.3 Å². The lowest BCUT2D eigenvalue weighted by atomic mass is 10.1. The van der Waals surface area contributed by atoms with Crippen molar-refractivity contribution in [1.82, 2.24) is 20.4 Å². The van der Waals surface area contributed by atoms with Crippen molar-refractivity contribution in [2.75, 3.05) is 33.2 Å². The highest BCUT2D eigenvalue weighted by atomic mass is 127. The van der Waals surface area contributed by atoms with Crippen LogP contribution in [0, 0.1) is 0 Å². The lowest BCUT2D eigenvalue weighted by Gasteiger charge is -2.21. The second-order valence-corrected chi connectivity index (χ2v) is 7.88. The van der Waals surface area contributed by atoms with Crippen molar-refractivity contribution in [1.29, 1.82) is 0 Å². The van der Waals surface area contributed by atoms with Gasteiger partial charge in [-0.2, -0.15) is 0 Å². The summed E-state index contributed by atoms with van der Waals surface area (Å²) in [6.45, 7) is 12.4. The molecule has 7 heteroatoms. The summed E-state index contributed by atoms with van der Waals surface area (Å²) in [4.78, 5) is 20.5. The monoisotopic (exact) mass is 529 g/mol. The first-order chi connectivity index (χ1) is 14.0. The topological polar surface area (TPSA) is 60.0 Å². The third-order valence-corrected chi connectivity index (χ3v) is 5.64. The molecule has 170 valence electrons. The van der Waals surface area contributed by atoms with Crippen LogP contribution in [0.3, 0.4) is 0 Å². The van der Waals surface area contributed by atoms with Crippen LogP contribution in [0.4, 0.5) is 0 Å². The van der Waals surface area contributed by atoms with E-state index in [1.54, 1.807) is 0 Å². The van der Waals surface area contributed by atoms with E-state index in [-0.39, 0.29) is 29.9 Å². The average molecular weight is 530 g/mol. The van der Waals surface area contributed by atoms with Crippen LogP contribution in [0.1, 0.15) is 57.6 Å². The van der Waals surface area contributed by atoms with E-state index in [9.17, 15) is 4.79 Å². The maximum atomic E-state index is 11.8. The zero-order valence-corrected chi connectivity index (χ0v) is 21.4. The Morgan fingerprint density at radius 3 is 2.43 bits per heavy atom. The molecular weight excluding hydrogens is 489 g/mol. The Hall–Kier alpha value is -1.35. The minimum absolute atomic E-state index is 0. The fourth-order valence-corrected chi connectivity index (χ4v) is 3.70. The summed E-state index contributed by atoms with van der Waals surface area (Å²) in [5.74, 6) is 1.11. The van der Waals surface area contributed by atoms with E-state index in [1.165, 1.54) is 17.5 Å². The Morgan fingerprint density at radius 2 is 1.87 bits per heavy atom. The molecule has 1 heterocycles. The zero-order valence-electron chi connectivity index (χ0n) is 19.1. The van der Waals surface area contributed by atoms with Crippen LogP contribution in [-0.2, 0) is 17.9 Å². The van der Waals surface area contributed by atoms with Gasteiger partial charge in [-0.25, -0.2) is 0 Å². The third-order valence-electron chi connectivity index (χ3n) is 5.64. The molecule has 0 spiro atoms. The van der Waals surface area contributed by atoms with Crippen LogP contribution in [0.25, 0.3) is 0 Å². The normalized spacial score (nSPS) is 15.3. The van der Waals surface area contributed by atoms with Gasteiger partial charge in [0.05, 0.1) is 0 Å². The number of likely N-dealkylation sites (tertiary alicyclic amines) is 1. The molecule has 1 saturated heterocycles. The quantitative estimate of drug-likeness (QED) is 0.261. The molecule has 1 amide bonds. The number of carbonyl (C=O) groups is 1. The maximum absolute atomic E-state index is 11.8. The zero-order chi connectivity index (χ0) is 21.1. The van der Waals surface area contributed by atoms with E-state index in [0.29, 0.717) is 12.5 Å². The summed E-state index contributed by atoms with van der Waals surface area (Å²) in [5.41, 5.74) is 2.40. The van der Waals surface area contributed by atoms with Gasteiger partial charge < -0.3 is 20.4 Å². The van der Waals surface area contributed by atoms with E-state index in [2.05, 4.69) is 65.6 Å². The molecule has 0 bridgehead atoms. The van der Waals surface area contributed by atoms with Gasteiger partial charge in [-0.1, -0.05) is 38.1 Å². The van der Waals surface area contributed by atoms with Crippen molar-refractivity contribution >= 4 is 35.8 Å². The largest absolute Gasteiger partial charge is 0.354 e. The number of benzene rings is 1. The molecule has 0 aromatic heterocycles. The third kappa shape index (κ3) is 9.20. The second kappa shape index (κ2) is 14.6. The first kappa shape index (κ1) is 26.7. The number of guanidine groups is 1. The molecule has 1 aromatic rings. The highest BCUT2D eigenvalue weighted by Crippen LogP contribution is 2.14. The predicted molar refractivity (Wildman–Crippen MR) is 136 cm³/mol. The Balaban J connectivity index is 0.00000450. The lowest BCUT2D eigenvalue weighted by molar-refractivity contribution is -0.128. The van der Waals surface area contributed by atoms with Gasteiger partial charge in [0.15, 0.2) is 5.96 Å². The molecule has 1 aromatic carbocycles. The fraction of sp³-hybridized carbons (Fsp3) is 0.652. The fourth-order valence-electron chi connectivity index (χ4n) is 3.70. The second-order valence-electron chi connectivity index (χ2n) is 7.88. The van der Waals surface area contributed by atoms with E-state index >= 15 is 0 Å². The Kier molecular flexibility index (Phi) is 13.0. The van der Waals surface area contributed by atoms with Crippen LogP contribution in [0.2, 0.25) is 0 Å². The number of amides is 1. The van der Waals surface area contributed by atoms with Crippen LogP contribution in [-0.4, -0.2) is 60.9 Å². The molecular formula is C23H40IN5O. The number of rotatable bonds is 11. The minimum Gasteiger partial charge on any atom is -0.354 e. The predicted octanol–water partition coefficient (Wildman–Crippen LogP) is 3.60. The van der Waals surface area contributed by atoms with Gasteiger partial charge in [-0.05, 0) is 56.9 Å². The first-order valence-corrected chi connectivity index (χ1v) is 11.1. The van der Waals surface area contributed by atoms with Gasteiger partial charge in [0, 0.05) is 39.1 Å². The van der Waals surface area contributed by atoms with Crippen molar-refractivity contribution in [2.45, 2.75) is 65.6 Å². The number of nitrogens with zero attached hydrogens (tertiary/aromatic N) is 3. The van der Waals surface area contributed by atoms with Crippen LogP contribution >= 0.6 is 24.0 Å². The van der Waals surface area contributed by atoms with Crippen LogP contribution < -0.4 is 10.6 Å². The number of nitrogens with one attached hydrogen (secondary N) is 2. The summed E-state index contributed by atoms with van der Waals surface area (Å²) >= 11 is 0. The van der Waals surface area contributed by atoms with E-state index in [4.69, 9.17) is 0 Å². The van der Waals surface area contributed by atoms with Gasteiger partial charge in [-0.15, -0.1) is 24.0 Å². The number of carbonyl (C=O) groups excluding carboxylic acids is 1. The Labute approximate surface area is 199 Å². The highest BCUT2D eigenvalue weighted by Gasteiger charge is 2.19. The molecule has 1 unspecified atom stereocenters. The van der Waals surface area contributed by atoms with Crippen molar-refractivity contribution < 1.29 is 4.79 Å². The summed E-state index contributed by atoms with van der Waals surface area (Å²) < 4.78 is 0. The Morgan fingerprint density at radius 1 is 1.20 bits per heavy atom. The molecule has 1 atom stereocenters. The van der Waals surface area contributed by atoms with Gasteiger partial charge in [0.25, 0.3) is 0 Å². The molecule has 30 heavy (non-hydrogen) atoms. The highest BCUT2D eigenvalue weighted by molar-refractivity contribution is 14.0. The van der Waals surface area contributed by atoms with Crippen LogP contribution in [0.5, 0.6) is 0 Å². The molecule has 1 aliphatic rings. The van der Waals surface area contributed by atoms with Gasteiger partial charge in [-0.3, -0.25) is 9.79 Å². The summed E-state index contributed by atoms with van der Waals surface area (Å²) in [7, 11) is 1.81. The molecule has 1 aliphatic heterocycles. The molecule has 1 fully saturated rings. The molecule has 0 aliphatic carbocycles. The number of halogens is 1.